The molecule has 1 unspecified atom stereocenters. The van der Waals surface area contributed by atoms with E-state index >= 15 is 0 Å². The van der Waals surface area contributed by atoms with Crippen molar-refractivity contribution in [2.24, 2.45) is 0 Å². The molecule has 4 rings (SSSR count). The third kappa shape index (κ3) is 3.90. The highest BCUT2D eigenvalue weighted by atomic mass is 16.5. The van der Waals surface area contributed by atoms with Crippen molar-refractivity contribution in [2.75, 3.05) is 19.1 Å². The van der Waals surface area contributed by atoms with Crippen molar-refractivity contribution in [1.29, 1.82) is 0 Å². The number of ether oxygens (including phenoxy) is 1. The summed E-state index contributed by atoms with van der Waals surface area (Å²) in [7, 11) is 3.45. The second-order valence-corrected chi connectivity index (χ2v) is 8.27. The zero-order valence-electron chi connectivity index (χ0n) is 18.8. The minimum absolute atomic E-state index is 0.0790. The lowest BCUT2D eigenvalue weighted by Crippen LogP contribution is -2.31. The molecule has 3 aromatic rings. The SMILES string of the molecule is COc1c(C)cnc(CN(C)C(=O)c2ccoc2CN2c3ccccc3CC2C)c1C. The second-order valence-electron chi connectivity index (χ2n) is 8.27. The molecule has 1 aliphatic rings. The van der Waals surface area contributed by atoms with E-state index in [2.05, 4.69) is 41.1 Å². The second kappa shape index (κ2) is 8.46. The predicted molar refractivity (Wildman–Crippen MR) is 121 cm³/mol. The number of aryl methyl sites for hydroxylation is 1. The molecule has 1 aliphatic heterocycles. The van der Waals surface area contributed by atoms with E-state index in [1.54, 1.807) is 37.6 Å². The number of nitrogens with zero attached hydrogens (tertiary/aromatic N) is 3. The summed E-state index contributed by atoms with van der Waals surface area (Å²) < 4.78 is 11.3. The van der Waals surface area contributed by atoms with E-state index in [1.807, 2.05) is 13.8 Å². The molecule has 6 nitrogen and oxygen atoms in total. The third-order valence-corrected chi connectivity index (χ3v) is 6.12. The van der Waals surface area contributed by atoms with Gasteiger partial charge in [-0.3, -0.25) is 9.78 Å². The van der Waals surface area contributed by atoms with Gasteiger partial charge in [0, 0.05) is 36.1 Å². The van der Waals surface area contributed by atoms with Crippen LogP contribution in [0.25, 0.3) is 0 Å². The highest BCUT2D eigenvalue weighted by Gasteiger charge is 2.28. The lowest BCUT2D eigenvalue weighted by atomic mass is 10.1. The van der Waals surface area contributed by atoms with Crippen molar-refractivity contribution in [3.05, 3.63) is 76.5 Å². The Morgan fingerprint density at radius 2 is 2.06 bits per heavy atom. The van der Waals surface area contributed by atoms with Gasteiger partial charge in [0.1, 0.15) is 11.5 Å². The summed E-state index contributed by atoms with van der Waals surface area (Å²) in [5.74, 6) is 1.42. The summed E-state index contributed by atoms with van der Waals surface area (Å²) in [4.78, 5) is 21.8. The normalized spacial score (nSPS) is 15.1. The molecule has 1 amide bonds. The number of fused-ring (bicyclic) bond motifs is 1. The summed E-state index contributed by atoms with van der Waals surface area (Å²) in [5.41, 5.74) is 5.90. The number of para-hydroxylation sites is 1. The van der Waals surface area contributed by atoms with E-state index in [0.29, 0.717) is 30.5 Å². The largest absolute Gasteiger partial charge is 0.496 e. The van der Waals surface area contributed by atoms with Crippen LogP contribution in [0.15, 0.2) is 47.2 Å². The Balaban J connectivity index is 1.53. The molecule has 1 aromatic carbocycles. The van der Waals surface area contributed by atoms with Gasteiger partial charge in [0.2, 0.25) is 0 Å². The zero-order valence-corrected chi connectivity index (χ0v) is 18.8. The van der Waals surface area contributed by atoms with Gasteiger partial charge in [-0.2, -0.15) is 0 Å². The highest BCUT2D eigenvalue weighted by molar-refractivity contribution is 5.95. The van der Waals surface area contributed by atoms with Gasteiger partial charge in [-0.25, -0.2) is 0 Å². The Labute approximate surface area is 183 Å². The molecule has 3 heterocycles. The summed E-state index contributed by atoms with van der Waals surface area (Å²) in [6.45, 7) is 7.11. The van der Waals surface area contributed by atoms with Gasteiger partial charge < -0.3 is 19.0 Å². The number of carbonyl (C=O) groups excluding carboxylic acids is 1. The number of methoxy groups -OCH3 is 1. The maximum absolute atomic E-state index is 13.3. The van der Waals surface area contributed by atoms with Gasteiger partial charge in [0.25, 0.3) is 5.91 Å². The van der Waals surface area contributed by atoms with Gasteiger partial charge in [-0.1, -0.05) is 18.2 Å². The molecule has 0 N–H and O–H groups in total. The molecule has 0 aliphatic carbocycles. The first-order valence-electron chi connectivity index (χ1n) is 10.6. The van der Waals surface area contributed by atoms with Crippen molar-refractivity contribution in [3.63, 3.8) is 0 Å². The average molecular weight is 420 g/mol. The first-order chi connectivity index (χ1) is 14.9. The fourth-order valence-corrected chi connectivity index (χ4v) is 4.41. The van der Waals surface area contributed by atoms with Gasteiger partial charge >= 0.3 is 0 Å². The Hall–Kier alpha value is -3.28. The van der Waals surface area contributed by atoms with Crippen LogP contribution < -0.4 is 9.64 Å². The predicted octanol–water partition coefficient (Wildman–Crippen LogP) is 4.52. The van der Waals surface area contributed by atoms with E-state index in [1.165, 1.54) is 11.3 Å². The molecule has 0 saturated heterocycles. The molecule has 0 spiro atoms. The van der Waals surface area contributed by atoms with Crippen LogP contribution in [-0.2, 0) is 19.5 Å². The molecular weight excluding hydrogens is 390 g/mol. The standard InChI is InChI=1S/C25H29N3O3/c1-16-13-26-21(18(3)24(16)30-5)14-27(4)25(29)20-10-11-31-23(20)15-28-17(2)12-19-8-6-7-9-22(19)28/h6-11,13,17H,12,14-15H2,1-5H3. The molecule has 2 aromatic heterocycles. The lowest BCUT2D eigenvalue weighted by Gasteiger charge is -2.25. The topological polar surface area (TPSA) is 58.8 Å². The molecule has 0 radical (unpaired) electrons. The van der Waals surface area contributed by atoms with Crippen molar-refractivity contribution >= 4 is 11.6 Å². The fourth-order valence-electron chi connectivity index (χ4n) is 4.41. The van der Waals surface area contributed by atoms with Crippen molar-refractivity contribution in [1.82, 2.24) is 9.88 Å². The molecule has 0 saturated carbocycles. The third-order valence-electron chi connectivity index (χ3n) is 6.12. The molecule has 0 fully saturated rings. The fraction of sp³-hybridized carbons (Fsp3) is 0.360. The Bertz CT molecular complexity index is 1110. The quantitative estimate of drug-likeness (QED) is 0.588. The number of pyridine rings is 1. The molecule has 0 bridgehead atoms. The first kappa shape index (κ1) is 21.0. The number of amides is 1. The number of anilines is 1. The number of hydrogen-bond donors (Lipinski definition) is 0. The van der Waals surface area contributed by atoms with E-state index in [4.69, 9.17) is 9.15 Å². The number of hydrogen-bond acceptors (Lipinski definition) is 5. The van der Waals surface area contributed by atoms with Crippen LogP contribution in [0.1, 0.15) is 45.4 Å². The van der Waals surface area contributed by atoms with Crippen LogP contribution in [0.3, 0.4) is 0 Å². The smallest absolute Gasteiger partial charge is 0.257 e. The van der Waals surface area contributed by atoms with Gasteiger partial charge in [-0.05, 0) is 44.9 Å². The number of furan rings is 1. The molecular formula is C25H29N3O3. The molecule has 162 valence electrons. The number of aromatic nitrogens is 1. The van der Waals surface area contributed by atoms with Crippen molar-refractivity contribution in [2.45, 2.75) is 46.3 Å². The van der Waals surface area contributed by atoms with Crippen LogP contribution in [0.5, 0.6) is 5.75 Å². The van der Waals surface area contributed by atoms with Crippen LogP contribution in [0, 0.1) is 13.8 Å². The average Bonchev–Trinajstić information content (AvgIpc) is 3.34. The lowest BCUT2D eigenvalue weighted by molar-refractivity contribution is 0.0780. The summed E-state index contributed by atoms with van der Waals surface area (Å²) in [6.07, 6.45) is 4.39. The van der Waals surface area contributed by atoms with Crippen LogP contribution >= 0.6 is 0 Å². The van der Waals surface area contributed by atoms with Gasteiger partial charge in [-0.15, -0.1) is 0 Å². The molecule has 31 heavy (non-hydrogen) atoms. The minimum Gasteiger partial charge on any atom is -0.496 e. The van der Waals surface area contributed by atoms with Crippen LogP contribution in [0.2, 0.25) is 0 Å². The first-order valence-corrected chi connectivity index (χ1v) is 10.6. The van der Waals surface area contributed by atoms with E-state index in [9.17, 15) is 4.79 Å². The van der Waals surface area contributed by atoms with Crippen LogP contribution in [0.4, 0.5) is 5.69 Å². The molecule has 1 atom stereocenters. The summed E-state index contributed by atoms with van der Waals surface area (Å²) in [5, 5.41) is 0. The monoisotopic (exact) mass is 419 g/mol. The maximum atomic E-state index is 13.3. The summed E-state index contributed by atoms with van der Waals surface area (Å²) in [6, 6.07) is 10.5. The van der Waals surface area contributed by atoms with Crippen LogP contribution in [-0.4, -0.2) is 36.0 Å². The van der Waals surface area contributed by atoms with E-state index < -0.39 is 0 Å². The summed E-state index contributed by atoms with van der Waals surface area (Å²) >= 11 is 0. The highest BCUT2D eigenvalue weighted by Crippen LogP contribution is 2.34. The van der Waals surface area contributed by atoms with Gasteiger partial charge in [0.05, 0.1) is 37.7 Å². The number of rotatable bonds is 6. The van der Waals surface area contributed by atoms with E-state index in [-0.39, 0.29) is 5.91 Å². The Kier molecular flexibility index (Phi) is 5.72. The van der Waals surface area contributed by atoms with Crippen molar-refractivity contribution < 1.29 is 13.9 Å². The zero-order chi connectivity index (χ0) is 22.1. The van der Waals surface area contributed by atoms with Gasteiger partial charge in [0.15, 0.2) is 0 Å². The Morgan fingerprint density at radius 3 is 2.84 bits per heavy atom. The Morgan fingerprint density at radius 1 is 1.29 bits per heavy atom. The minimum atomic E-state index is -0.0790. The van der Waals surface area contributed by atoms with Crippen molar-refractivity contribution in [3.8, 4) is 5.75 Å². The molecule has 6 heteroatoms. The van der Waals surface area contributed by atoms with E-state index in [0.717, 1.165) is 29.0 Å². The number of carbonyl (C=O) groups is 1. The maximum Gasteiger partial charge on any atom is 0.257 e. The number of benzene rings is 1.